The summed E-state index contributed by atoms with van der Waals surface area (Å²) in [6, 6.07) is 12.4. The number of aryl methyl sites for hydroxylation is 1. The van der Waals surface area contributed by atoms with Gasteiger partial charge in [-0.2, -0.15) is 0 Å². The highest BCUT2D eigenvalue weighted by Gasteiger charge is 1.96. The number of rotatable bonds is 1. The third kappa shape index (κ3) is 1.33. The molecular weight excluding hydrogens is 158 g/mol. The molecule has 0 spiro atoms. The Morgan fingerprint density at radius 2 is 2.00 bits per heavy atom. The molecule has 2 aromatic carbocycles. The van der Waals surface area contributed by atoms with Gasteiger partial charge in [-0.05, 0) is 42.1 Å². The maximum absolute atomic E-state index is 3.90. The van der Waals surface area contributed by atoms with Crippen LogP contribution < -0.4 is 0 Å². The third-order valence-electron chi connectivity index (χ3n) is 2.26. The highest BCUT2D eigenvalue weighted by atomic mass is 14.7. The average molecular weight is 169 g/mol. The zero-order chi connectivity index (χ0) is 9.26. The van der Waals surface area contributed by atoms with Gasteiger partial charge in [0.25, 0.3) is 0 Å². The van der Waals surface area contributed by atoms with Crippen LogP contribution in [-0.4, -0.2) is 6.72 Å². The molecular formula is C12H11N. The molecule has 64 valence electrons. The molecule has 1 heteroatoms. The second-order valence-electron chi connectivity index (χ2n) is 3.14. The van der Waals surface area contributed by atoms with E-state index in [1.807, 2.05) is 6.07 Å². The van der Waals surface area contributed by atoms with Gasteiger partial charge in [-0.25, -0.2) is 0 Å². The molecule has 0 radical (unpaired) electrons. The summed E-state index contributed by atoms with van der Waals surface area (Å²) < 4.78 is 0. The minimum Gasteiger partial charge on any atom is -0.265 e. The lowest BCUT2D eigenvalue weighted by molar-refractivity contribution is 1.51. The molecule has 0 heterocycles. The first-order valence-electron chi connectivity index (χ1n) is 4.27. The average Bonchev–Trinajstić information content (AvgIpc) is 2.18. The Bertz CT molecular complexity index is 458. The molecule has 0 unspecified atom stereocenters. The van der Waals surface area contributed by atoms with Crippen LogP contribution in [0.2, 0.25) is 0 Å². The molecule has 0 aromatic heterocycles. The van der Waals surface area contributed by atoms with Crippen molar-refractivity contribution in [1.82, 2.24) is 0 Å². The van der Waals surface area contributed by atoms with Crippen molar-refractivity contribution in [3.63, 3.8) is 0 Å². The van der Waals surface area contributed by atoms with Crippen LogP contribution in [0.4, 0.5) is 5.69 Å². The van der Waals surface area contributed by atoms with Gasteiger partial charge in [-0.15, -0.1) is 0 Å². The molecule has 0 bridgehead atoms. The summed E-state index contributed by atoms with van der Waals surface area (Å²) >= 11 is 0. The van der Waals surface area contributed by atoms with Crippen molar-refractivity contribution in [2.24, 2.45) is 4.99 Å². The van der Waals surface area contributed by atoms with Gasteiger partial charge in [-0.3, -0.25) is 4.99 Å². The summed E-state index contributed by atoms with van der Waals surface area (Å²) in [6.45, 7) is 5.62. The van der Waals surface area contributed by atoms with Gasteiger partial charge < -0.3 is 0 Å². The summed E-state index contributed by atoms with van der Waals surface area (Å²) in [5.74, 6) is 0. The van der Waals surface area contributed by atoms with E-state index >= 15 is 0 Å². The molecule has 1 nitrogen and oxygen atoms in total. The number of nitrogens with zero attached hydrogens (tertiary/aromatic N) is 1. The smallest absolute Gasteiger partial charge is 0.0628 e. The van der Waals surface area contributed by atoms with E-state index in [1.165, 1.54) is 16.3 Å². The van der Waals surface area contributed by atoms with Crippen LogP contribution in [0.1, 0.15) is 5.56 Å². The van der Waals surface area contributed by atoms with Gasteiger partial charge >= 0.3 is 0 Å². The van der Waals surface area contributed by atoms with E-state index < -0.39 is 0 Å². The van der Waals surface area contributed by atoms with E-state index in [2.05, 4.69) is 49.0 Å². The normalized spacial score (nSPS) is 10.2. The highest BCUT2D eigenvalue weighted by Crippen LogP contribution is 2.23. The van der Waals surface area contributed by atoms with Gasteiger partial charge in [0.05, 0.1) is 5.69 Å². The summed E-state index contributed by atoms with van der Waals surface area (Å²) in [6.07, 6.45) is 0. The Hall–Kier alpha value is -1.63. The Morgan fingerprint density at radius 3 is 2.77 bits per heavy atom. The van der Waals surface area contributed by atoms with Gasteiger partial charge in [0.2, 0.25) is 0 Å². The third-order valence-corrected chi connectivity index (χ3v) is 2.26. The van der Waals surface area contributed by atoms with Gasteiger partial charge in [0, 0.05) is 0 Å². The van der Waals surface area contributed by atoms with Crippen molar-refractivity contribution in [3.8, 4) is 0 Å². The molecule has 0 N–H and O–H groups in total. The fourth-order valence-corrected chi connectivity index (χ4v) is 1.53. The molecule has 0 amide bonds. The maximum Gasteiger partial charge on any atom is 0.0628 e. The van der Waals surface area contributed by atoms with Crippen LogP contribution in [0.25, 0.3) is 10.8 Å². The molecule has 13 heavy (non-hydrogen) atoms. The molecule has 0 aliphatic heterocycles. The Kier molecular flexibility index (Phi) is 1.85. The topological polar surface area (TPSA) is 12.4 Å². The van der Waals surface area contributed by atoms with E-state index in [1.54, 1.807) is 0 Å². The summed E-state index contributed by atoms with van der Waals surface area (Å²) in [7, 11) is 0. The van der Waals surface area contributed by atoms with Gasteiger partial charge in [-0.1, -0.05) is 24.3 Å². The Morgan fingerprint density at radius 1 is 1.15 bits per heavy atom. The van der Waals surface area contributed by atoms with Crippen LogP contribution in [0.15, 0.2) is 41.4 Å². The van der Waals surface area contributed by atoms with Crippen molar-refractivity contribution >= 4 is 23.2 Å². The fourth-order valence-electron chi connectivity index (χ4n) is 1.53. The van der Waals surface area contributed by atoms with Crippen molar-refractivity contribution in [2.75, 3.05) is 0 Å². The molecule has 0 atom stereocenters. The lowest BCUT2D eigenvalue weighted by Crippen LogP contribution is -1.76. The Labute approximate surface area is 77.7 Å². The molecule has 0 aliphatic carbocycles. The quantitative estimate of drug-likeness (QED) is 0.579. The number of hydrogen-bond acceptors (Lipinski definition) is 1. The lowest BCUT2D eigenvalue weighted by atomic mass is 10.1. The largest absolute Gasteiger partial charge is 0.265 e. The van der Waals surface area contributed by atoms with E-state index in [4.69, 9.17) is 0 Å². The highest BCUT2D eigenvalue weighted by molar-refractivity contribution is 5.88. The summed E-state index contributed by atoms with van der Waals surface area (Å²) in [4.78, 5) is 3.90. The number of benzene rings is 2. The van der Waals surface area contributed by atoms with E-state index in [0.29, 0.717) is 0 Å². The number of fused-ring (bicyclic) bond motifs is 1. The Balaban J connectivity index is 2.79. The maximum atomic E-state index is 3.90. The van der Waals surface area contributed by atoms with Crippen molar-refractivity contribution in [1.29, 1.82) is 0 Å². The second kappa shape index (κ2) is 3.02. The second-order valence-corrected chi connectivity index (χ2v) is 3.14. The molecule has 2 rings (SSSR count). The monoisotopic (exact) mass is 169 g/mol. The summed E-state index contributed by atoms with van der Waals surface area (Å²) in [5, 5.41) is 2.51. The van der Waals surface area contributed by atoms with Crippen LogP contribution in [0.5, 0.6) is 0 Å². The standard InChI is InChI=1S/C12H11N/c1-9-4-3-5-10-8-11(13-2)6-7-12(9)10/h3-8H,2H2,1H3. The molecule has 0 saturated heterocycles. The zero-order valence-corrected chi connectivity index (χ0v) is 7.62. The zero-order valence-electron chi connectivity index (χ0n) is 7.62. The first-order chi connectivity index (χ1) is 6.31. The van der Waals surface area contributed by atoms with Gasteiger partial charge in [0.1, 0.15) is 0 Å². The van der Waals surface area contributed by atoms with E-state index in [-0.39, 0.29) is 0 Å². The lowest BCUT2D eigenvalue weighted by Gasteiger charge is -2.01. The van der Waals surface area contributed by atoms with Crippen molar-refractivity contribution < 1.29 is 0 Å². The number of aliphatic imine (C=N–C) groups is 1. The summed E-state index contributed by atoms with van der Waals surface area (Å²) in [5.41, 5.74) is 2.23. The first-order valence-corrected chi connectivity index (χ1v) is 4.27. The van der Waals surface area contributed by atoms with E-state index in [9.17, 15) is 0 Å². The van der Waals surface area contributed by atoms with E-state index in [0.717, 1.165) is 5.69 Å². The van der Waals surface area contributed by atoms with Crippen LogP contribution in [0.3, 0.4) is 0 Å². The van der Waals surface area contributed by atoms with Crippen LogP contribution >= 0.6 is 0 Å². The predicted molar refractivity (Wildman–Crippen MR) is 57.9 cm³/mol. The van der Waals surface area contributed by atoms with Gasteiger partial charge in [0.15, 0.2) is 0 Å². The van der Waals surface area contributed by atoms with Crippen LogP contribution in [-0.2, 0) is 0 Å². The minimum absolute atomic E-state index is 0.929. The molecule has 0 saturated carbocycles. The SMILES string of the molecule is C=Nc1ccc2c(C)cccc2c1. The predicted octanol–water partition coefficient (Wildman–Crippen LogP) is 3.48. The minimum atomic E-state index is 0.929. The van der Waals surface area contributed by atoms with Crippen LogP contribution in [0, 0.1) is 6.92 Å². The molecule has 0 fully saturated rings. The fraction of sp³-hybridized carbons (Fsp3) is 0.0833. The molecule has 2 aromatic rings. The molecule has 0 aliphatic rings. The number of hydrogen-bond donors (Lipinski definition) is 0. The van der Waals surface area contributed by atoms with Crippen molar-refractivity contribution in [2.45, 2.75) is 6.92 Å². The first kappa shape index (κ1) is 7.99. The van der Waals surface area contributed by atoms with Crippen molar-refractivity contribution in [3.05, 3.63) is 42.0 Å².